The lowest BCUT2D eigenvalue weighted by Gasteiger charge is -2.21. The largest absolute Gasteiger partial charge is 0.394 e. The first kappa shape index (κ1) is 60.6. The lowest BCUT2D eigenvalue weighted by molar-refractivity contribution is -0.124. The molecule has 5 heteroatoms. The second-order valence-corrected chi connectivity index (χ2v) is 19.2. The van der Waals surface area contributed by atoms with Gasteiger partial charge in [0.2, 0.25) is 5.91 Å². The van der Waals surface area contributed by atoms with Crippen molar-refractivity contribution >= 4 is 5.91 Å². The lowest BCUT2D eigenvalue weighted by atomic mass is 10.0. The van der Waals surface area contributed by atoms with Crippen molar-refractivity contribution in [3.63, 3.8) is 0 Å². The molecule has 366 valence electrons. The maximum atomic E-state index is 12.5. The van der Waals surface area contributed by atoms with E-state index in [0.717, 1.165) is 38.5 Å². The number of carbonyl (C=O) groups is 1. The zero-order valence-corrected chi connectivity index (χ0v) is 41.8. The van der Waals surface area contributed by atoms with E-state index in [2.05, 4.69) is 43.5 Å². The Morgan fingerprint density at radius 1 is 0.403 bits per heavy atom. The third-order valence-corrected chi connectivity index (χ3v) is 12.9. The molecular weight excluding hydrogens is 763 g/mol. The number of rotatable bonds is 51. The summed E-state index contributed by atoms with van der Waals surface area (Å²) >= 11 is 0. The van der Waals surface area contributed by atoms with Gasteiger partial charge in [-0.05, 0) is 44.9 Å². The van der Waals surface area contributed by atoms with Crippen molar-refractivity contribution < 1.29 is 20.1 Å². The van der Waals surface area contributed by atoms with E-state index in [0.29, 0.717) is 6.42 Å². The molecule has 0 radical (unpaired) electrons. The number of nitrogens with one attached hydrogen (secondary N) is 1. The number of amides is 1. The fourth-order valence-corrected chi connectivity index (χ4v) is 8.67. The lowest BCUT2D eigenvalue weighted by Crippen LogP contribution is -2.45. The van der Waals surface area contributed by atoms with Crippen LogP contribution >= 0.6 is 0 Å². The summed E-state index contributed by atoms with van der Waals surface area (Å²) < 4.78 is 0. The van der Waals surface area contributed by atoms with Gasteiger partial charge in [-0.2, -0.15) is 0 Å². The summed E-state index contributed by atoms with van der Waals surface area (Å²) in [5.41, 5.74) is 0. The molecule has 62 heavy (non-hydrogen) atoms. The number of allylic oxidation sites excluding steroid dienone is 5. The summed E-state index contributed by atoms with van der Waals surface area (Å²) in [4.78, 5) is 12.5. The Labute approximate surface area is 387 Å². The SMILES string of the molecule is CCCCCC/C=C/CC/C=C/CC/C=C/C(O)C(CO)NC(=O)CC(O)CCCCCCCCCCCCCCCCCCCCCCCCCCCCCCCCCCC. The Hall–Kier alpha value is -1.43. The zero-order chi connectivity index (χ0) is 45.1. The van der Waals surface area contributed by atoms with Crippen molar-refractivity contribution in [3.8, 4) is 0 Å². The van der Waals surface area contributed by atoms with Gasteiger partial charge < -0.3 is 20.6 Å². The third-order valence-electron chi connectivity index (χ3n) is 12.9. The molecule has 0 rings (SSSR count). The van der Waals surface area contributed by atoms with Crippen molar-refractivity contribution in [3.05, 3.63) is 36.5 Å². The molecule has 0 aromatic rings. The topological polar surface area (TPSA) is 89.8 Å². The number of aliphatic hydroxyl groups is 3. The van der Waals surface area contributed by atoms with Crippen molar-refractivity contribution in [1.29, 1.82) is 0 Å². The maximum Gasteiger partial charge on any atom is 0.222 e. The molecule has 0 saturated carbocycles. The molecule has 0 aromatic carbocycles. The summed E-state index contributed by atoms with van der Waals surface area (Å²) in [5, 5.41) is 33.3. The Morgan fingerprint density at radius 2 is 0.694 bits per heavy atom. The van der Waals surface area contributed by atoms with Crippen molar-refractivity contribution in [1.82, 2.24) is 5.32 Å². The Morgan fingerprint density at radius 3 is 1.03 bits per heavy atom. The second-order valence-electron chi connectivity index (χ2n) is 19.2. The predicted octanol–water partition coefficient (Wildman–Crippen LogP) is 17.1. The van der Waals surface area contributed by atoms with E-state index in [1.165, 1.54) is 231 Å². The minimum absolute atomic E-state index is 0.00536. The van der Waals surface area contributed by atoms with Crippen LogP contribution in [0.3, 0.4) is 0 Å². The molecule has 0 aromatic heterocycles. The van der Waals surface area contributed by atoms with E-state index >= 15 is 0 Å². The van der Waals surface area contributed by atoms with Crippen LogP contribution in [0, 0.1) is 0 Å². The maximum absolute atomic E-state index is 12.5. The van der Waals surface area contributed by atoms with Gasteiger partial charge in [-0.25, -0.2) is 0 Å². The molecule has 3 atom stereocenters. The van der Waals surface area contributed by atoms with E-state index in [1.807, 2.05) is 6.08 Å². The molecule has 1 amide bonds. The number of carbonyl (C=O) groups excluding carboxylic acids is 1. The van der Waals surface area contributed by atoms with E-state index in [4.69, 9.17) is 0 Å². The van der Waals surface area contributed by atoms with E-state index in [9.17, 15) is 20.1 Å². The minimum Gasteiger partial charge on any atom is -0.394 e. The highest BCUT2D eigenvalue weighted by atomic mass is 16.3. The predicted molar refractivity (Wildman–Crippen MR) is 273 cm³/mol. The molecule has 3 unspecified atom stereocenters. The van der Waals surface area contributed by atoms with Crippen LogP contribution in [0.4, 0.5) is 0 Å². The van der Waals surface area contributed by atoms with Gasteiger partial charge in [-0.1, -0.05) is 281 Å². The highest BCUT2D eigenvalue weighted by Crippen LogP contribution is 2.18. The molecule has 0 heterocycles. The number of unbranched alkanes of at least 4 members (excludes halogenated alkanes) is 38. The van der Waals surface area contributed by atoms with Gasteiger partial charge in [0.25, 0.3) is 0 Å². The Balaban J connectivity index is 3.49. The zero-order valence-electron chi connectivity index (χ0n) is 41.8. The molecule has 0 spiro atoms. The van der Waals surface area contributed by atoms with Gasteiger partial charge in [0, 0.05) is 0 Å². The molecular formula is C57H109NO4. The second kappa shape index (κ2) is 52.2. The molecule has 0 saturated heterocycles. The average molecular weight is 873 g/mol. The Bertz CT molecular complexity index is 962. The average Bonchev–Trinajstić information content (AvgIpc) is 3.27. The summed E-state index contributed by atoms with van der Waals surface area (Å²) in [6, 6.07) is -0.765. The van der Waals surface area contributed by atoms with Gasteiger partial charge in [-0.15, -0.1) is 0 Å². The summed E-state index contributed by atoms with van der Waals surface area (Å²) in [5.74, 6) is -0.326. The van der Waals surface area contributed by atoms with Crippen molar-refractivity contribution in [2.45, 2.75) is 315 Å². The monoisotopic (exact) mass is 872 g/mol. The van der Waals surface area contributed by atoms with Crippen molar-refractivity contribution in [2.75, 3.05) is 6.61 Å². The van der Waals surface area contributed by atoms with Crippen LogP contribution in [-0.4, -0.2) is 46.1 Å². The molecule has 0 bridgehead atoms. The van der Waals surface area contributed by atoms with E-state index < -0.39 is 18.2 Å². The first-order valence-corrected chi connectivity index (χ1v) is 27.8. The first-order chi connectivity index (χ1) is 30.5. The quantitative estimate of drug-likeness (QED) is 0.0362. The van der Waals surface area contributed by atoms with E-state index in [1.54, 1.807) is 6.08 Å². The highest BCUT2D eigenvalue weighted by molar-refractivity contribution is 5.76. The van der Waals surface area contributed by atoms with Gasteiger partial charge >= 0.3 is 0 Å². The van der Waals surface area contributed by atoms with Crippen LogP contribution in [0.25, 0.3) is 0 Å². The molecule has 4 N–H and O–H groups in total. The van der Waals surface area contributed by atoms with Gasteiger partial charge in [0.15, 0.2) is 0 Å². The number of hydrogen-bond donors (Lipinski definition) is 4. The fourth-order valence-electron chi connectivity index (χ4n) is 8.67. The number of hydrogen-bond acceptors (Lipinski definition) is 4. The van der Waals surface area contributed by atoms with Crippen LogP contribution in [0.5, 0.6) is 0 Å². The summed E-state index contributed by atoms with van der Waals surface area (Å²) in [6.45, 7) is 4.20. The summed E-state index contributed by atoms with van der Waals surface area (Å²) in [7, 11) is 0. The van der Waals surface area contributed by atoms with Crippen LogP contribution in [0.15, 0.2) is 36.5 Å². The molecule has 0 aliphatic rings. The molecule has 0 aliphatic carbocycles. The first-order valence-electron chi connectivity index (χ1n) is 27.8. The van der Waals surface area contributed by atoms with E-state index in [-0.39, 0.29) is 18.9 Å². The van der Waals surface area contributed by atoms with Crippen LogP contribution < -0.4 is 5.32 Å². The van der Waals surface area contributed by atoms with Crippen LogP contribution in [0.1, 0.15) is 296 Å². The van der Waals surface area contributed by atoms with Gasteiger partial charge in [0.1, 0.15) is 0 Å². The highest BCUT2D eigenvalue weighted by Gasteiger charge is 2.20. The molecule has 5 nitrogen and oxygen atoms in total. The Kier molecular flexibility index (Phi) is 51.0. The number of aliphatic hydroxyl groups excluding tert-OH is 3. The standard InChI is InChI=1S/C57H109NO4/c1-3-5-7-9-11-13-15-17-19-20-21-22-23-24-25-26-27-28-29-30-31-32-33-34-35-36-37-38-40-42-44-46-48-50-54(60)52-57(62)58-55(53-59)56(61)51-49-47-45-43-41-39-18-16-14-12-10-8-6-4-2/h14,16,41,43,49,51,54-56,59-61H,3-13,15,17-40,42,44-48,50,52-53H2,1-2H3,(H,58,62)/b16-14+,43-41+,51-49+. The van der Waals surface area contributed by atoms with Crippen LogP contribution in [0.2, 0.25) is 0 Å². The summed E-state index contributed by atoms with van der Waals surface area (Å²) in [6.07, 6.45) is 67.8. The molecule has 0 fully saturated rings. The minimum atomic E-state index is -0.958. The van der Waals surface area contributed by atoms with Gasteiger partial charge in [0.05, 0.1) is 31.3 Å². The molecule has 0 aliphatic heterocycles. The fraction of sp³-hybridized carbons (Fsp3) is 0.877. The normalized spacial score (nSPS) is 13.6. The van der Waals surface area contributed by atoms with Gasteiger partial charge in [-0.3, -0.25) is 4.79 Å². The van der Waals surface area contributed by atoms with Crippen LogP contribution in [-0.2, 0) is 4.79 Å². The smallest absolute Gasteiger partial charge is 0.222 e. The third kappa shape index (κ3) is 48.0. The van der Waals surface area contributed by atoms with Crippen molar-refractivity contribution in [2.24, 2.45) is 0 Å².